The van der Waals surface area contributed by atoms with E-state index in [9.17, 15) is 18.3 Å². The van der Waals surface area contributed by atoms with Crippen molar-refractivity contribution in [1.29, 1.82) is 0 Å². The number of nitrogens with zero attached hydrogens (tertiary/aromatic N) is 1. The van der Waals surface area contributed by atoms with E-state index < -0.39 is 17.7 Å². The Morgan fingerprint density at radius 3 is 2.53 bits per heavy atom. The molecule has 1 fully saturated rings. The highest BCUT2D eigenvalue weighted by atomic mass is 19.4. The van der Waals surface area contributed by atoms with Gasteiger partial charge in [-0.1, -0.05) is 0 Å². The summed E-state index contributed by atoms with van der Waals surface area (Å²) in [6.07, 6.45) is -1.98. The van der Waals surface area contributed by atoms with E-state index >= 15 is 0 Å². The van der Waals surface area contributed by atoms with Crippen molar-refractivity contribution in [3.63, 3.8) is 0 Å². The molecule has 0 radical (unpaired) electrons. The fourth-order valence-corrected chi connectivity index (χ4v) is 2.64. The van der Waals surface area contributed by atoms with Crippen molar-refractivity contribution in [3.05, 3.63) is 23.9 Å². The summed E-state index contributed by atoms with van der Waals surface area (Å²) in [5, 5.41) is 10.4. The van der Waals surface area contributed by atoms with E-state index in [1.54, 1.807) is 12.1 Å². The van der Waals surface area contributed by atoms with Gasteiger partial charge in [-0.2, -0.15) is 13.2 Å². The van der Waals surface area contributed by atoms with Gasteiger partial charge < -0.3 is 10.8 Å². The van der Waals surface area contributed by atoms with Gasteiger partial charge in [-0.05, 0) is 43.4 Å². The first-order valence-electron chi connectivity index (χ1n) is 6.28. The number of alkyl halides is 3. The third-order valence-electron chi connectivity index (χ3n) is 3.76. The summed E-state index contributed by atoms with van der Waals surface area (Å²) in [6, 6.07) is 3.37. The SMILES string of the molecule is Nc1cc(CC2(O)CCC(C(F)(F)F)CC2)ccn1. The minimum Gasteiger partial charge on any atom is -0.390 e. The molecule has 1 aromatic rings. The topological polar surface area (TPSA) is 59.1 Å². The zero-order chi connectivity index (χ0) is 14.1. The lowest BCUT2D eigenvalue weighted by atomic mass is 9.76. The average molecular weight is 274 g/mol. The molecule has 0 saturated heterocycles. The molecule has 1 saturated carbocycles. The van der Waals surface area contributed by atoms with Crippen LogP contribution in [-0.4, -0.2) is 21.9 Å². The molecule has 3 N–H and O–H groups in total. The van der Waals surface area contributed by atoms with Crippen LogP contribution in [0.1, 0.15) is 31.2 Å². The number of pyridine rings is 1. The highest BCUT2D eigenvalue weighted by Gasteiger charge is 2.45. The molecule has 0 bridgehead atoms. The maximum atomic E-state index is 12.6. The van der Waals surface area contributed by atoms with E-state index in [4.69, 9.17) is 5.73 Å². The van der Waals surface area contributed by atoms with Crippen LogP contribution in [0.15, 0.2) is 18.3 Å². The Morgan fingerprint density at radius 1 is 1.37 bits per heavy atom. The van der Waals surface area contributed by atoms with Gasteiger partial charge in [0, 0.05) is 12.6 Å². The third kappa shape index (κ3) is 3.59. The monoisotopic (exact) mass is 274 g/mol. The van der Waals surface area contributed by atoms with Gasteiger partial charge in [-0.25, -0.2) is 4.98 Å². The molecule has 0 aliphatic heterocycles. The van der Waals surface area contributed by atoms with Gasteiger partial charge in [0.05, 0.1) is 11.5 Å². The summed E-state index contributed by atoms with van der Waals surface area (Å²) in [4.78, 5) is 3.85. The number of nitrogens with two attached hydrogens (primary N) is 1. The quantitative estimate of drug-likeness (QED) is 0.871. The zero-order valence-electron chi connectivity index (χ0n) is 10.5. The predicted molar refractivity (Wildman–Crippen MR) is 65.3 cm³/mol. The van der Waals surface area contributed by atoms with E-state index in [0.717, 1.165) is 5.56 Å². The van der Waals surface area contributed by atoms with Gasteiger partial charge in [0.25, 0.3) is 0 Å². The molecule has 0 atom stereocenters. The van der Waals surface area contributed by atoms with Crippen molar-refractivity contribution in [2.24, 2.45) is 5.92 Å². The van der Waals surface area contributed by atoms with Crippen LogP contribution in [-0.2, 0) is 6.42 Å². The Labute approximate surface area is 109 Å². The smallest absolute Gasteiger partial charge is 0.390 e. The number of nitrogen functional groups attached to an aromatic ring is 1. The number of hydrogen-bond acceptors (Lipinski definition) is 3. The van der Waals surface area contributed by atoms with Crippen LogP contribution < -0.4 is 5.73 Å². The van der Waals surface area contributed by atoms with Crippen molar-refractivity contribution >= 4 is 5.82 Å². The predicted octanol–water partition coefficient (Wildman–Crippen LogP) is 2.69. The van der Waals surface area contributed by atoms with Crippen LogP contribution in [0.2, 0.25) is 0 Å². The molecule has 1 aliphatic carbocycles. The molecule has 0 aromatic carbocycles. The second-order valence-electron chi connectivity index (χ2n) is 5.31. The van der Waals surface area contributed by atoms with Crippen molar-refractivity contribution in [3.8, 4) is 0 Å². The molecule has 0 amide bonds. The molecule has 1 aliphatic rings. The first-order chi connectivity index (χ1) is 8.78. The molecule has 19 heavy (non-hydrogen) atoms. The maximum absolute atomic E-state index is 12.6. The molecule has 106 valence electrons. The lowest BCUT2D eigenvalue weighted by molar-refractivity contribution is -0.192. The molecule has 2 rings (SSSR count). The Morgan fingerprint density at radius 2 is 2.00 bits per heavy atom. The fraction of sp³-hybridized carbons (Fsp3) is 0.615. The Kier molecular flexibility index (Phi) is 3.71. The highest BCUT2D eigenvalue weighted by Crippen LogP contribution is 2.42. The van der Waals surface area contributed by atoms with Crippen LogP contribution in [0, 0.1) is 5.92 Å². The Balaban J connectivity index is 1.99. The second-order valence-corrected chi connectivity index (χ2v) is 5.31. The van der Waals surface area contributed by atoms with Crippen LogP contribution in [0.5, 0.6) is 0 Å². The van der Waals surface area contributed by atoms with Crippen LogP contribution >= 0.6 is 0 Å². The summed E-state index contributed by atoms with van der Waals surface area (Å²) >= 11 is 0. The van der Waals surface area contributed by atoms with Crippen LogP contribution in [0.3, 0.4) is 0 Å². The van der Waals surface area contributed by atoms with Crippen molar-refractivity contribution < 1.29 is 18.3 Å². The van der Waals surface area contributed by atoms with E-state index in [-0.39, 0.29) is 25.7 Å². The molecule has 0 unspecified atom stereocenters. The summed E-state index contributed by atoms with van der Waals surface area (Å²) in [7, 11) is 0. The van der Waals surface area contributed by atoms with Crippen LogP contribution in [0.4, 0.5) is 19.0 Å². The zero-order valence-corrected chi connectivity index (χ0v) is 10.5. The average Bonchev–Trinajstić information content (AvgIpc) is 2.27. The number of aromatic nitrogens is 1. The first kappa shape index (κ1) is 14.1. The van der Waals surface area contributed by atoms with Gasteiger partial charge >= 0.3 is 6.18 Å². The number of rotatable bonds is 2. The molecule has 1 heterocycles. The second kappa shape index (κ2) is 5.00. The van der Waals surface area contributed by atoms with Crippen molar-refractivity contribution in [2.45, 2.75) is 43.9 Å². The molecule has 3 nitrogen and oxygen atoms in total. The summed E-state index contributed by atoms with van der Waals surface area (Å²) in [5.74, 6) is -0.930. The lowest BCUT2D eigenvalue weighted by Crippen LogP contribution is -2.39. The van der Waals surface area contributed by atoms with Gasteiger partial charge in [0.1, 0.15) is 5.82 Å². The van der Waals surface area contributed by atoms with E-state index in [1.165, 1.54) is 6.20 Å². The normalized spacial score (nSPS) is 28.3. The summed E-state index contributed by atoms with van der Waals surface area (Å²) < 4.78 is 37.7. The Bertz CT molecular complexity index is 440. The number of halogens is 3. The Hall–Kier alpha value is -1.30. The van der Waals surface area contributed by atoms with Crippen LogP contribution in [0.25, 0.3) is 0 Å². The van der Waals surface area contributed by atoms with E-state index in [2.05, 4.69) is 4.98 Å². The minimum atomic E-state index is -4.15. The standard InChI is InChI=1S/C13H17F3N2O/c14-13(15,16)10-1-4-12(19,5-2-10)8-9-3-6-18-11(17)7-9/h3,6-7,10,19H,1-2,4-5,8H2,(H2,17,18). The molecular formula is C13H17F3N2O. The summed E-state index contributed by atoms with van der Waals surface area (Å²) in [5.41, 5.74) is 5.29. The van der Waals surface area contributed by atoms with Crippen molar-refractivity contribution in [1.82, 2.24) is 4.98 Å². The molecular weight excluding hydrogens is 257 g/mol. The lowest BCUT2D eigenvalue weighted by Gasteiger charge is -2.36. The largest absolute Gasteiger partial charge is 0.391 e. The third-order valence-corrected chi connectivity index (χ3v) is 3.76. The first-order valence-corrected chi connectivity index (χ1v) is 6.28. The van der Waals surface area contributed by atoms with Gasteiger partial charge in [0.2, 0.25) is 0 Å². The summed E-state index contributed by atoms with van der Waals surface area (Å²) in [6.45, 7) is 0. The minimum absolute atomic E-state index is 0.0133. The van der Waals surface area contributed by atoms with Crippen molar-refractivity contribution in [2.75, 3.05) is 5.73 Å². The van der Waals surface area contributed by atoms with Gasteiger partial charge in [-0.15, -0.1) is 0 Å². The number of hydrogen-bond donors (Lipinski definition) is 2. The highest BCUT2D eigenvalue weighted by molar-refractivity contribution is 5.32. The number of anilines is 1. The van der Waals surface area contributed by atoms with Gasteiger partial charge in [0.15, 0.2) is 0 Å². The number of aliphatic hydroxyl groups is 1. The fourth-order valence-electron chi connectivity index (χ4n) is 2.64. The van der Waals surface area contributed by atoms with Gasteiger partial charge in [-0.3, -0.25) is 0 Å². The molecule has 0 spiro atoms. The molecule has 6 heteroatoms. The van der Waals surface area contributed by atoms with E-state index in [1.807, 2.05) is 0 Å². The van der Waals surface area contributed by atoms with E-state index in [0.29, 0.717) is 12.2 Å². The maximum Gasteiger partial charge on any atom is 0.391 e. The molecule has 1 aromatic heterocycles.